The number of carbonyl (C=O) groups is 5. The smallest absolute Gasteiger partial charge is 0.334 e. The van der Waals surface area contributed by atoms with Crippen LogP contribution in [0.2, 0.25) is 0 Å². The van der Waals surface area contributed by atoms with Gasteiger partial charge < -0.3 is 19.3 Å². The van der Waals surface area contributed by atoms with E-state index in [2.05, 4.69) is 50.5 Å². The van der Waals surface area contributed by atoms with Crippen molar-refractivity contribution < 1.29 is 43.3 Å². The zero-order valence-electron chi connectivity index (χ0n) is 15.8. The van der Waals surface area contributed by atoms with E-state index in [9.17, 15) is 29.1 Å². The minimum absolute atomic E-state index is 0.438. The lowest BCUT2D eigenvalue weighted by molar-refractivity contribution is -0.165. The Kier molecular flexibility index (Phi) is 12.3. The summed E-state index contributed by atoms with van der Waals surface area (Å²) in [5.74, 6) is -3.58. The van der Waals surface area contributed by atoms with Crippen LogP contribution < -0.4 is 0 Å². The fourth-order valence-corrected chi connectivity index (χ4v) is 2.01. The largest absolute Gasteiger partial charge is 0.464 e. The van der Waals surface area contributed by atoms with Crippen molar-refractivity contribution in [2.45, 2.75) is 35.4 Å². The average Bonchev–Trinajstić information content (AvgIpc) is 2.59. The molecule has 0 rings (SSSR count). The highest BCUT2D eigenvalue weighted by Crippen LogP contribution is 2.32. The Balaban J connectivity index is 5.29. The molecular formula is C16H24O9S4. The van der Waals surface area contributed by atoms with E-state index < -0.39 is 82.8 Å². The van der Waals surface area contributed by atoms with Crippen LogP contribution in [0, 0.1) is 5.41 Å². The van der Waals surface area contributed by atoms with Crippen LogP contribution in [-0.4, -0.2) is 69.7 Å². The number of hydrogen-bond donors (Lipinski definition) is 5. The summed E-state index contributed by atoms with van der Waals surface area (Å²) in [5.41, 5.74) is -1.55. The van der Waals surface area contributed by atoms with Crippen LogP contribution >= 0.6 is 50.5 Å². The third kappa shape index (κ3) is 10.6. The maximum atomic E-state index is 12.2. The molecule has 0 saturated carbocycles. The Labute approximate surface area is 190 Å². The minimum atomic E-state index is -1.69. The van der Waals surface area contributed by atoms with Crippen molar-refractivity contribution in [2.24, 2.45) is 5.41 Å². The molecule has 0 spiro atoms. The molecule has 0 unspecified atom stereocenters. The molecule has 0 atom stereocenters. The second-order valence-electron chi connectivity index (χ2n) is 6.41. The van der Waals surface area contributed by atoms with E-state index >= 15 is 0 Å². The lowest BCUT2D eigenvalue weighted by Crippen LogP contribution is -2.45. The van der Waals surface area contributed by atoms with Gasteiger partial charge in [0.15, 0.2) is 4.08 Å². The minimum Gasteiger partial charge on any atom is -0.464 e. The SMILES string of the molecule is CC(=O)CC(=O)OCC(CO)(COC(=O)CC(C)=O)COC(=O)C(S)(S)C(S)S. The molecule has 0 aromatic rings. The van der Waals surface area contributed by atoms with Crippen LogP contribution in [0.4, 0.5) is 0 Å². The normalized spacial score (nSPS) is 11.7. The van der Waals surface area contributed by atoms with Crippen molar-refractivity contribution >= 4 is 80.0 Å². The van der Waals surface area contributed by atoms with E-state index in [4.69, 9.17) is 14.2 Å². The first kappa shape index (κ1) is 28.1. The van der Waals surface area contributed by atoms with Gasteiger partial charge in [-0.3, -0.25) is 19.2 Å². The summed E-state index contributed by atoms with van der Waals surface area (Å²) >= 11 is 15.9. The van der Waals surface area contributed by atoms with Gasteiger partial charge in [-0.05, 0) is 13.8 Å². The molecule has 9 nitrogen and oxygen atoms in total. The third-order valence-electron chi connectivity index (χ3n) is 3.37. The molecule has 0 radical (unpaired) electrons. The van der Waals surface area contributed by atoms with Gasteiger partial charge in [-0.15, -0.1) is 25.3 Å². The topological polar surface area (TPSA) is 133 Å². The van der Waals surface area contributed by atoms with Crippen molar-refractivity contribution in [3.8, 4) is 0 Å². The van der Waals surface area contributed by atoms with Gasteiger partial charge in [-0.2, -0.15) is 25.3 Å². The summed E-state index contributed by atoms with van der Waals surface area (Å²) < 4.78 is 12.4. The maximum Gasteiger partial charge on any atom is 0.334 e. The van der Waals surface area contributed by atoms with Gasteiger partial charge in [0.2, 0.25) is 0 Å². The van der Waals surface area contributed by atoms with Gasteiger partial charge in [0.05, 0.1) is 16.6 Å². The highest BCUT2D eigenvalue weighted by Gasteiger charge is 2.41. The van der Waals surface area contributed by atoms with E-state index in [1.165, 1.54) is 13.8 Å². The standard InChI is InChI=1S/C16H24O9S4/c1-9(18)3-11(20)23-6-15(5-17,7-24-12(21)4-10(2)19)8-25-13(22)16(28,29)14(26)27/h14,17,26-29H,3-8H2,1-2H3. The summed E-state index contributed by atoms with van der Waals surface area (Å²) in [7, 11) is 0. The number of carbonyl (C=O) groups excluding carboxylic acids is 5. The molecular weight excluding hydrogens is 464 g/mol. The molecule has 13 heteroatoms. The monoisotopic (exact) mass is 488 g/mol. The van der Waals surface area contributed by atoms with E-state index in [1.807, 2.05) is 0 Å². The third-order valence-corrected chi connectivity index (χ3v) is 5.84. The van der Waals surface area contributed by atoms with Gasteiger partial charge in [-0.1, -0.05) is 0 Å². The number of Topliss-reactive ketones (excluding diaryl/α,β-unsaturated/α-hetero) is 2. The van der Waals surface area contributed by atoms with Crippen LogP contribution in [0.1, 0.15) is 26.7 Å². The van der Waals surface area contributed by atoms with Crippen LogP contribution in [0.3, 0.4) is 0 Å². The summed E-state index contributed by atoms with van der Waals surface area (Å²) in [4.78, 5) is 57.5. The van der Waals surface area contributed by atoms with Gasteiger partial charge in [0.25, 0.3) is 0 Å². The average molecular weight is 489 g/mol. The fraction of sp³-hybridized carbons (Fsp3) is 0.688. The number of ketones is 2. The number of thiol groups is 4. The maximum absolute atomic E-state index is 12.2. The van der Waals surface area contributed by atoms with Crippen molar-refractivity contribution in [2.75, 3.05) is 26.4 Å². The van der Waals surface area contributed by atoms with Crippen molar-refractivity contribution in [1.82, 2.24) is 0 Å². The quantitative estimate of drug-likeness (QED) is 0.0816. The molecule has 0 aliphatic carbocycles. The van der Waals surface area contributed by atoms with Gasteiger partial charge in [-0.25, -0.2) is 4.79 Å². The molecule has 29 heavy (non-hydrogen) atoms. The second-order valence-corrected chi connectivity index (χ2v) is 9.62. The molecule has 166 valence electrons. The molecule has 0 aliphatic heterocycles. The van der Waals surface area contributed by atoms with Gasteiger partial charge in [0.1, 0.15) is 44.2 Å². The summed E-state index contributed by atoms with van der Waals surface area (Å²) in [5, 5.41) is 9.81. The van der Waals surface area contributed by atoms with Crippen LogP contribution in [0.25, 0.3) is 0 Å². The Morgan fingerprint density at radius 3 is 1.52 bits per heavy atom. The predicted molar refractivity (Wildman–Crippen MR) is 115 cm³/mol. The van der Waals surface area contributed by atoms with Crippen molar-refractivity contribution in [3.63, 3.8) is 0 Å². The lowest BCUT2D eigenvalue weighted by atomic mass is 9.92. The van der Waals surface area contributed by atoms with E-state index in [1.54, 1.807) is 0 Å². The molecule has 1 N–H and O–H groups in total. The number of esters is 3. The van der Waals surface area contributed by atoms with E-state index in [-0.39, 0.29) is 0 Å². The first-order valence-corrected chi connectivity index (χ1v) is 10.1. The Hall–Kier alpha value is -0.890. The number of hydrogen-bond acceptors (Lipinski definition) is 13. The zero-order valence-corrected chi connectivity index (χ0v) is 19.4. The van der Waals surface area contributed by atoms with Crippen molar-refractivity contribution in [3.05, 3.63) is 0 Å². The molecule has 0 fully saturated rings. The molecule has 0 bridgehead atoms. The predicted octanol–water partition coefficient (Wildman–Crippen LogP) is 0.295. The first-order valence-electron chi connectivity index (χ1n) is 8.15. The van der Waals surface area contributed by atoms with Gasteiger partial charge >= 0.3 is 17.9 Å². The Bertz CT molecular complexity index is 602. The summed E-state index contributed by atoms with van der Waals surface area (Å²) in [6.45, 7) is 0.0337. The second kappa shape index (κ2) is 12.7. The van der Waals surface area contributed by atoms with Gasteiger partial charge in [0, 0.05) is 0 Å². The zero-order chi connectivity index (χ0) is 22.8. The van der Waals surface area contributed by atoms with Crippen LogP contribution in [0.15, 0.2) is 0 Å². The van der Waals surface area contributed by atoms with Crippen molar-refractivity contribution in [1.29, 1.82) is 0 Å². The number of aliphatic hydroxyl groups excluding tert-OH is 1. The van der Waals surface area contributed by atoms with E-state index in [0.29, 0.717) is 0 Å². The molecule has 0 amide bonds. The molecule has 0 heterocycles. The lowest BCUT2D eigenvalue weighted by Gasteiger charge is -2.32. The molecule has 0 aromatic carbocycles. The van der Waals surface area contributed by atoms with E-state index in [0.717, 1.165) is 0 Å². The molecule has 0 aliphatic rings. The van der Waals surface area contributed by atoms with Crippen LogP contribution in [0.5, 0.6) is 0 Å². The van der Waals surface area contributed by atoms with Crippen LogP contribution in [-0.2, 0) is 38.2 Å². The highest BCUT2D eigenvalue weighted by molar-refractivity contribution is 8.08. The number of rotatable bonds is 13. The number of ether oxygens (including phenoxy) is 3. The first-order chi connectivity index (χ1) is 13.3. The summed E-state index contributed by atoms with van der Waals surface area (Å²) in [6, 6.07) is 0. The Morgan fingerprint density at radius 2 is 1.21 bits per heavy atom. The molecule has 0 saturated heterocycles. The summed E-state index contributed by atoms with van der Waals surface area (Å²) in [6.07, 6.45) is -0.994. The fourth-order valence-electron chi connectivity index (χ4n) is 1.67. The molecule has 0 aromatic heterocycles. The number of aliphatic hydroxyl groups is 1. The Morgan fingerprint density at radius 1 is 0.828 bits per heavy atom. The highest BCUT2D eigenvalue weighted by atomic mass is 32.2.